The molecule has 0 aliphatic carbocycles. The summed E-state index contributed by atoms with van der Waals surface area (Å²) in [6, 6.07) is 14.2. The molecule has 23 heavy (non-hydrogen) atoms. The topological polar surface area (TPSA) is 63.4 Å². The fourth-order valence-electron chi connectivity index (χ4n) is 2.65. The summed E-state index contributed by atoms with van der Waals surface area (Å²) in [6.07, 6.45) is 4.06. The number of thiophene rings is 1. The molecule has 0 saturated carbocycles. The number of carbonyl (C=O) groups is 2. The van der Waals surface area contributed by atoms with Crippen molar-refractivity contribution in [1.29, 1.82) is 0 Å². The normalized spacial score (nSPS) is 17.7. The fraction of sp³-hybridized carbons (Fsp3) is 0.222. The van der Waals surface area contributed by atoms with Gasteiger partial charge in [-0.25, -0.2) is 0 Å². The van der Waals surface area contributed by atoms with Crippen molar-refractivity contribution in [2.24, 2.45) is 11.7 Å². The van der Waals surface area contributed by atoms with Gasteiger partial charge in [0.15, 0.2) is 0 Å². The molecule has 2 N–H and O–H groups in total. The summed E-state index contributed by atoms with van der Waals surface area (Å²) in [5.41, 5.74) is 6.46. The van der Waals surface area contributed by atoms with Gasteiger partial charge in [-0.1, -0.05) is 30.3 Å². The molecule has 4 nitrogen and oxygen atoms in total. The summed E-state index contributed by atoms with van der Waals surface area (Å²) < 4.78 is 0. The summed E-state index contributed by atoms with van der Waals surface area (Å²) in [5, 5.41) is 0. The molecule has 1 saturated heterocycles. The first-order valence-electron chi connectivity index (χ1n) is 7.55. The molecule has 1 fully saturated rings. The molecule has 5 heteroatoms. The van der Waals surface area contributed by atoms with Crippen LogP contribution in [0.5, 0.6) is 0 Å². The van der Waals surface area contributed by atoms with Crippen molar-refractivity contribution in [2.45, 2.75) is 6.42 Å². The van der Waals surface area contributed by atoms with Gasteiger partial charge in [-0.15, -0.1) is 11.3 Å². The lowest BCUT2D eigenvalue weighted by Crippen LogP contribution is -2.30. The van der Waals surface area contributed by atoms with E-state index in [1.54, 1.807) is 22.3 Å². The van der Waals surface area contributed by atoms with Crippen molar-refractivity contribution in [3.8, 4) is 10.4 Å². The number of benzene rings is 1. The molecule has 1 aromatic heterocycles. The molecule has 3 rings (SSSR count). The highest BCUT2D eigenvalue weighted by atomic mass is 32.1. The van der Waals surface area contributed by atoms with Crippen molar-refractivity contribution < 1.29 is 9.59 Å². The van der Waals surface area contributed by atoms with E-state index in [-0.39, 0.29) is 17.7 Å². The number of hydrogen-bond acceptors (Lipinski definition) is 3. The molecule has 118 valence electrons. The standard InChI is InChI=1S/C18H18N2O2S/c19-18(22)14-10-11-20(12-14)17(21)9-7-15-6-8-16(23-15)13-4-2-1-3-5-13/h1-9,14H,10-12H2,(H2,19,22)/b9-7+/t14-/m0/s1. The Balaban J connectivity index is 1.63. The summed E-state index contributed by atoms with van der Waals surface area (Å²) >= 11 is 1.64. The molecule has 2 aromatic rings. The number of hydrogen-bond donors (Lipinski definition) is 1. The molecule has 1 aliphatic heterocycles. The van der Waals surface area contributed by atoms with Crippen molar-refractivity contribution in [2.75, 3.05) is 13.1 Å². The Morgan fingerprint density at radius 3 is 2.65 bits per heavy atom. The first-order valence-corrected chi connectivity index (χ1v) is 8.36. The summed E-state index contributed by atoms with van der Waals surface area (Å²) in [7, 11) is 0. The van der Waals surface area contributed by atoms with Crippen LogP contribution < -0.4 is 5.73 Å². The van der Waals surface area contributed by atoms with Crippen LogP contribution in [0.1, 0.15) is 11.3 Å². The number of nitrogens with two attached hydrogens (primary N) is 1. The SMILES string of the molecule is NC(=O)[C@H]1CCN(C(=O)/C=C/c2ccc(-c3ccccc3)s2)C1. The van der Waals surface area contributed by atoms with Crippen LogP contribution in [0.25, 0.3) is 16.5 Å². The summed E-state index contributed by atoms with van der Waals surface area (Å²) in [6.45, 7) is 1.02. The first-order chi connectivity index (χ1) is 11.1. The predicted molar refractivity (Wildman–Crippen MR) is 92.7 cm³/mol. The van der Waals surface area contributed by atoms with Crippen LogP contribution in [0.4, 0.5) is 0 Å². The maximum Gasteiger partial charge on any atom is 0.246 e. The number of nitrogens with zero attached hydrogens (tertiary/aromatic N) is 1. The third-order valence-corrected chi connectivity index (χ3v) is 5.08. The Morgan fingerprint density at radius 2 is 1.96 bits per heavy atom. The minimum absolute atomic E-state index is 0.0663. The number of primary amides is 1. The Kier molecular flexibility index (Phi) is 4.57. The van der Waals surface area contributed by atoms with Gasteiger partial charge in [0.05, 0.1) is 5.92 Å². The molecule has 1 aliphatic rings. The van der Waals surface area contributed by atoms with Crippen LogP contribution >= 0.6 is 11.3 Å². The van der Waals surface area contributed by atoms with Gasteiger partial charge in [-0.2, -0.15) is 0 Å². The largest absolute Gasteiger partial charge is 0.369 e. The molecule has 1 atom stereocenters. The van der Waals surface area contributed by atoms with E-state index in [1.165, 1.54) is 10.4 Å². The zero-order chi connectivity index (χ0) is 16.2. The van der Waals surface area contributed by atoms with E-state index < -0.39 is 0 Å². The Labute approximate surface area is 139 Å². The highest BCUT2D eigenvalue weighted by Crippen LogP contribution is 2.28. The highest BCUT2D eigenvalue weighted by molar-refractivity contribution is 7.16. The van der Waals surface area contributed by atoms with Crippen LogP contribution in [0.15, 0.2) is 48.5 Å². The molecule has 1 aromatic carbocycles. The van der Waals surface area contributed by atoms with E-state index >= 15 is 0 Å². The Bertz CT molecular complexity index is 736. The van der Waals surface area contributed by atoms with E-state index in [4.69, 9.17) is 5.73 Å². The van der Waals surface area contributed by atoms with Crippen LogP contribution in [-0.4, -0.2) is 29.8 Å². The van der Waals surface area contributed by atoms with E-state index in [2.05, 4.69) is 18.2 Å². The molecule has 0 spiro atoms. The van der Waals surface area contributed by atoms with Gasteiger partial charge in [-0.05, 0) is 30.2 Å². The molecule has 2 heterocycles. The second kappa shape index (κ2) is 6.79. The predicted octanol–water partition coefficient (Wildman–Crippen LogP) is 2.76. The smallest absolute Gasteiger partial charge is 0.246 e. The number of carbonyl (C=O) groups excluding carboxylic acids is 2. The molecule has 0 unspecified atom stereocenters. The highest BCUT2D eigenvalue weighted by Gasteiger charge is 2.28. The van der Waals surface area contributed by atoms with Crippen LogP contribution in [0.3, 0.4) is 0 Å². The van der Waals surface area contributed by atoms with Gasteiger partial charge in [-0.3, -0.25) is 9.59 Å². The third kappa shape index (κ3) is 3.68. The first kappa shape index (κ1) is 15.5. The van der Waals surface area contributed by atoms with Crippen molar-refractivity contribution in [1.82, 2.24) is 4.90 Å². The molecular weight excluding hydrogens is 308 g/mol. The van der Waals surface area contributed by atoms with Crippen LogP contribution in [0.2, 0.25) is 0 Å². The second-order valence-corrected chi connectivity index (χ2v) is 6.69. The second-order valence-electron chi connectivity index (χ2n) is 5.57. The van der Waals surface area contributed by atoms with Gasteiger partial charge >= 0.3 is 0 Å². The molecule has 2 amide bonds. The maximum atomic E-state index is 12.2. The minimum Gasteiger partial charge on any atom is -0.369 e. The average Bonchev–Trinajstić information content (AvgIpc) is 3.23. The number of amides is 2. The summed E-state index contributed by atoms with van der Waals surface area (Å²) in [5.74, 6) is -0.600. The lowest BCUT2D eigenvalue weighted by molar-refractivity contribution is -0.125. The lowest BCUT2D eigenvalue weighted by Gasteiger charge is -2.12. The van der Waals surface area contributed by atoms with E-state index in [0.717, 1.165) is 4.88 Å². The van der Waals surface area contributed by atoms with E-state index in [1.807, 2.05) is 30.3 Å². The van der Waals surface area contributed by atoms with E-state index in [0.29, 0.717) is 19.5 Å². The van der Waals surface area contributed by atoms with Crippen LogP contribution in [0, 0.1) is 5.92 Å². The van der Waals surface area contributed by atoms with Gasteiger partial charge in [0.25, 0.3) is 0 Å². The zero-order valence-electron chi connectivity index (χ0n) is 12.6. The van der Waals surface area contributed by atoms with Crippen LogP contribution in [-0.2, 0) is 9.59 Å². The monoisotopic (exact) mass is 326 g/mol. The van der Waals surface area contributed by atoms with Gasteiger partial charge in [0.2, 0.25) is 11.8 Å². The molecule has 0 radical (unpaired) electrons. The van der Waals surface area contributed by atoms with Crippen molar-refractivity contribution in [3.63, 3.8) is 0 Å². The zero-order valence-corrected chi connectivity index (χ0v) is 13.5. The number of likely N-dealkylation sites (tertiary alicyclic amines) is 1. The minimum atomic E-state index is -0.324. The van der Waals surface area contributed by atoms with Gasteiger partial charge in [0, 0.05) is 28.9 Å². The Morgan fingerprint density at radius 1 is 1.17 bits per heavy atom. The average molecular weight is 326 g/mol. The van der Waals surface area contributed by atoms with Gasteiger partial charge < -0.3 is 10.6 Å². The maximum absolute atomic E-state index is 12.2. The van der Waals surface area contributed by atoms with Crippen molar-refractivity contribution >= 4 is 29.2 Å². The quantitative estimate of drug-likeness (QED) is 0.878. The lowest BCUT2D eigenvalue weighted by atomic mass is 10.1. The van der Waals surface area contributed by atoms with Crippen molar-refractivity contribution in [3.05, 3.63) is 53.4 Å². The molecular formula is C18H18N2O2S. The summed E-state index contributed by atoms with van der Waals surface area (Å²) in [4.78, 5) is 27.2. The Hall–Kier alpha value is -2.40. The number of rotatable bonds is 4. The molecule has 0 bridgehead atoms. The fourth-order valence-corrected chi connectivity index (χ4v) is 3.57. The van der Waals surface area contributed by atoms with E-state index in [9.17, 15) is 9.59 Å². The van der Waals surface area contributed by atoms with Gasteiger partial charge in [0.1, 0.15) is 0 Å². The third-order valence-electron chi connectivity index (χ3n) is 3.98.